The maximum absolute atomic E-state index is 5.42. The molecule has 2 aromatic rings. The van der Waals surface area contributed by atoms with E-state index in [4.69, 9.17) is 14.1 Å². The van der Waals surface area contributed by atoms with Crippen molar-refractivity contribution in [2.45, 2.75) is 20.5 Å². The van der Waals surface area contributed by atoms with Gasteiger partial charge < -0.3 is 14.1 Å². The highest BCUT2D eigenvalue weighted by atomic mass is 16.6. The quantitative estimate of drug-likeness (QED) is 0.602. The van der Waals surface area contributed by atoms with Crippen molar-refractivity contribution in [1.29, 1.82) is 0 Å². The van der Waals surface area contributed by atoms with E-state index in [1.165, 1.54) is 7.11 Å². The first kappa shape index (κ1) is 14.8. The van der Waals surface area contributed by atoms with Crippen molar-refractivity contribution in [1.82, 2.24) is 0 Å². The number of nitrogens with zero attached hydrogens (tertiary/aromatic N) is 2. The average molecular weight is 286 g/mol. The van der Waals surface area contributed by atoms with Gasteiger partial charge in [-0.05, 0) is 26.0 Å². The van der Waals surface area contributed by atoms with Crippen LogP contribution in [0.4, 0.5) is 0 Å². The Hall–Kier alpha value is -2.56. The van der Waals surface area contributed by atoms with E-state index in [2.05, 4.69) is 10.3 Å². The molecule has 0 atom stereocenters. The van der Waals surface area contributed by atoms with E-state index in [0.717, 1.165) is 16.8 Å². The molecule has 1 aromatic carbocycles. The van der Waals surface area contributed by atoms with Crippen molar-refractivity contribution < 1.29 is 14.1 Å². The lowest BCUT2D eigenvalue weighted by Crippen LogP contribution is -2.07. The Bertz CT molecular complexity index is 627. The lowest BCUT2D eigenvalue weighted by molar-refractivity contribution is 0.130. The first-order valence-corrected chi connectivity index (χ1v) is 6.59. The third-order valence-corrected chi connectivity index (χ3v) is 2.68. The Morgan fingerprint density at radius 3 is 2.57 bits per heavy atom. The Balaban J connectivity index is 2.33. The summed E-state index contributed by atoms with van der Waals surface area (Å²) in [4.78, 5) is 10.3. The summed E-state index contributed by atoms with van der Waals surface area (Å²) in [6.45, 7) is 4.12. The number of hydrogen-bond donors (Lipinski definition) is 0. The molecule has 0 saturated heterocycles. The highest BCUT2D eigenvalue weighted by Gasteiger charge is 2.15. The van der Waals surface area contributed by atoms with Gasteiger partial charge in [-0.2, -0.15) is 0 Å². The minimum atomic E-state index is 0.352. The normalized spacial score (nSPS) is 11.1. The van der Waals surface area contributed by atoms with Crippen LogP contribution >= 0.6 is 0 Å². The third-order valence-electron chi connectivity index (χ3n) is 2.68. The molecular weight excluding hydrogens is 268 g/mol. The van der Waals surface area contributed by atoms with Crippen molar-refractivity contribution >= 4 is 11.4 Å². The van der Waals surface area contributed by atoms with Gasteiger partial charge in [-0.3, -0.25) is 0 Å². The smallest absolute Gasteiger partial charge is 0.156 e. The first-order valence-electron chi connectivity index (χ1n) is 6.59. The van der Waals surface area contributed by atoms with Crippen LogP contribution in [0.3, 0.4) is 0 Å². The zero-order valence-electron chi connectivity index (χ0n) is 12.4. The minimum absolute atomic E-state index is 0.352. The number of rotatable bonds is 6. The maximum atomic E-state index is 5.42. The van der Waals surface area contributed by atoms with Gasteiger partial charge in [-0.1, -0.05) is 34.6 Å². The number of benzene rings is 1. The summed E-state index contributed by atoms with van der Waals surface area (Å²) in [5.41, 5.74) is 3.33. The predicted octanol–water partition coefficient (Wildman–Crippen LogP) is 3.59. The van der Waals surface area contributed by atoms with Gasteiger partial charge >= 0.3 is 0 Å². The largest absolute Gasteiger partial charge is 0.463 e. The molecule has 5 nitrogen and oxygen atoms in total. The second kappa shape index (κ2) is 7.28. The average Bonchev–Trinajstić information content (AvgIpc) is 2.99. The lowest BCUT2D eigenvalue weighted by Gasteiger charge is -2.09. The van der Waals surface area contributed by atoms with Crippen molar-refractivity contribution in [3.05, 3.63) is 59.5 Å². The SMILES string of the molecule is CO/N=C(/c1ccco1)c1ccccc1CON=C(C)C. The highest BCUT2D eigenvalue weighted by molar-refractivity contribution is 6.11. The van der Waals surface area contributed by atoms with Gasteiger partial charge in [0.25, 0.3) is 0 Å². The van der Waals surface area contributed by atoms with Gasteiger partial charge in [0, 0.05) is 11.1 Å². The number of hydrogen-bond acceptors (Lipinski definition) is 5. The molecule has 0 aliphatic heterocycles. The summed E-state index contributed by atoms with van der Waals surface area (Å²) in [7, 11) is 1.51. The Morgan fingerprint density at radius 2 is 1.90 bits per heavy atom. The summed E-state index contributed by atoms with van der Waals surface area (Å²) >= 11 is 0. The fourth-order valence-electron chi connectivity index (χ4n) is 1.84. The van der Waals surface area contributed by atoms with E-state index >= 15 is 0 Å². The van der Waals surface area contributed by atoms with Crippen LogP contribution in [-0.4, -0.2) is 18.5 Å². The zero-order chi connectivity index (χ0) is 15.1. The molecule has 0 amide bonds. The molecule has 5 heteroatoms. The van der Waals surface area contributed by atoms with Gasteiger partial charge in [-0.15, -0.1) is 0 Å². The summed E-state index contributed by atoms with van der Waals surface area (Å²) in [6, 6.07) is 11.4. The number of oxime groups is 2. The van der Waals surface area contributed by atoms with E-state index in [0.29, 0.717) is 18.1 Å². The van der Waals surface area contributed by atoms with Gasteiger partial charge in [0.15, 0.2) is 11.5 Å². The van der Waals surface area contributed by atoms with Gasteiger partial charge in [-0.25, -0.2) is 0 Å². The van der Waals surface area contributed by atoms with Crippen molar-refractivity contribution in [2.75, 3.05) is 7.11 Å². The van der Waals surface area contributed by atoms with Crippen molar-refractivity contribution in [3.63, 3.8) is 0 Å². The van der Waals surface area contributed by atoms with Gasteiger partial charge in [0.2, 0.25) is 0 Å². The number of furan rings is 1. The van der Waals surface area contributed by atoms with E-state index < -0.39 is 0 Å². The second-order valence-corrected chi connectivity index (χ2v) is 4.57. The molecule has 0 saturated carbocycles. The van der Waals surface area contributed by atoms with Crippen LogP contribution in [0.25, 0.3) is 0 Å². The van der Waals surface area contributed by atoms with Gasteiger partial charge in [0.1, 0.15) is 13.7 Å². The summed E-state index contributed by atoms with van der Waals surface area (Å²) < 4.78 is 5.42. The Labute approximate surface area is 123 Å². The summed E-state index contributed by atoms with van der Waals surface area (Å²) in [6.07, 6.45) is 1.60. The first-order chi connectivity index (χ1) is 10.2. The second-order valence-electron chi connectivity index (χ2n) is 4.57. The minimum Gasteiger partial charge on any atom is -0.463 e. The van der Waals surface area contributed by atoms with Crippen LogP contribution in [0, 0.1) is 0 Å². The van der Waals surface area contributed by atoms with Crippen molar-refractivity contribution in [3.8, 4) is 0 Å². The maximum Gasteiger partial charge on any atom is 0.156 e. The molecule has 0 bridgehead atoms. The summed E-state index contributed by atoms with van der Waals surface area (Å²) in [5, 5.41) is 8.02. The molecule has 0 aliphatic rings. The molecule has 0 fully saturated rings. The third kappa shape index (κ3) is 3.95. The topological polar surface area (TPSA) is 56.3 Å². The van der Waals surface area contributed by atoms with Crippen LogP contribution < -0.4 is 0 Å². The molecule has 1 aromatic heterocycles. The van der Waals surface area contributed by atoms with E-state index in [1.807, 2.05) is 50.2 Å². The van der Waals surface area contributed by atoms with Crippen LogP contribution in [0.15, 0.2) is 57.4 Å². The molecule has 0 unspecified atom stereocenters. The van der Waals surface area contributed by atoms with E-state index in [-0.39, 0.29) is 0 Å². The zero-order valence-corrected chi connectivity index (χ0v) is 12.4. The molecule has 0 aliphatic carbocycles. The molecular formula is C16H18N2O3. The monoisotopic (exact) mass is 286 g/mol. The Morgan fingerprint density at radius 1 is 1.10 bits per heavy atom. The standard InChI is InChI=1S/C16H18N2O3/c1-12(2)17-21-11-13-7-4-5-8-14(13)16(18-19-3)15-9-6-10-20-15/h4-10H,11H2,1-3H3/b18-16+. The highest BCUT2D eigenvalue weighted by Crippen LogP contribution is 2.17. The molecule has 0 N–H and O–H groups in total. The van der Waals surface area contributed by atoms with Crippen LogP contribution in [0.2, 0.25) is 0 Å². The molecule has 0 radical (unpaired) electrons. The van der Waals surface area contributed by atoms with Crippen LogP contribution in [0.1, 0.15) is 30.7 Å². The fraction of sp³-hybridized carbons (Fsp3) is 0.250. The molecule has 110 valence electrons. The summed E-state index contributed by atoms with van der Waals surface area (Å²) in [5.74, 6) is 0.638. The lowest BCUT2D eigenvalue weighted by atomic mass is 10.0. The molecule has 2 rings (SSSR count). The molecule has 21 heavy (non-hydrogen) atoms. The Kier molecular flexibility index (Phi) is 5.15. The van der Waals surface area contributed by atoms with Crippen molar-refractivity contribution in [2.24, 2.45) is 10.3 Å². The van der Waals surface area contributed by atoms with E-state index in [9.17, 15) is 0 Å². The predicted molar refractivity (Wildman–Crippen MR) is 81.4 cm³/mol. The molecule has 1 heterocycles. The van der Waals surface area contributed by atoms with Crippen LogP contribution in [-0.2, 0) is 16.3 Å². The molecule has 0 spiro atoms. The van der Waals surface area contributed by atoms with E-state index in [1.54, 1.807) is 6.26 Å². The van der Waals surface area contributed by atoms with Crippen LogP contribution in [0.5, 0.6) is 0 Å². The fourth-order valence-corrected chi connectivity index (χ4v) is 1.84. The van der Waals surface area contributed by atoms with Gasteiger partial charge in [0.05, 0.1) is 12.0 Å².